The minimum Gasteiger partial charge on any atom is -0.508 e. The van der Waals surface area contributed by atoms with Crippen LogP contribution < -0.4 is 9.47 Å². The Morgan fingerprint density at radius 1 is 1.09 bits per heavy atom. The van der Waals surface area contributed by atoms with Gasteiger partial charge in [-0.15, -0.1) is 0 Å². The summed E-state index contributed by atoms with van der Waals surface area (Å²) in [5, 5.41) is 41.1. The molecule has 0 bridgehead atoms. The van der Waals surface area contributed by atoms with E-state index >= 15 is 0 Å². The van der Waals surface area contributed by atoms with Crippen molar-refractivity contribution in [3.8, 4) is 28.7 Å². The third-order valence-corrected chi connectivity index (χ3v) is 5.87. The molecule has 0 saturated heterocycles. The highest BCUT2D eigenvalue weighted by molar-refractivity contribution is 6.05. The average molecular weight is 440 g/mol. The maximum Gasteiger partial charge on any atom is 0.177 e. The molecule has 0 saturated carbocycles. The van der Waals surface area contributed by atoms with E-state index < -0.39 is 23.2 Å². The largest absolute Gasteiger partial charge is 0.508 e. The number of aliphatic hydroxyl groups is 1. The Morgan fingerprint density at radius 2 is 1.81 bits per heavy atom. The molecule has 0 aliphatic carbocycles. The minimum atomic E-state index is -1.01. The van der Waals surface area contributed by atoms with Crippen LogP contribution >= 0.6 is 0 Å². The number of benzene rings is 2. The summed E-state index contributed by atoms with van der Waals surface area (Å²) in [6, 6.07) is 5.53. The number of phenols is 3. The van der Waals surface area contributed by atoms with Gasteiger partial charge in [-0.2, -0.15) is 0 Å². The van der Waals surface area contributed by atoms with Crippen LogP contribution in [0.5, 0.6) is 28.7 Å². The molecule has 2 atom stereocenters. The van der Waals surface area contributed by atoms with Crippen LogP contribution in [0.1, 0.15) is 68.1 Å². The maximum atomic E-state index is 13.6. The molecule has 0 fully saturated rings. The molecule has 4 N–H and O–H groups in total. The lowest BCUT2D eigenvalue weighted by molar-refractivity contribution is 0.0396. The SMILES string of the molecule is CC(C)(O)CCC1C(=O)c2c(O)cc3c(c2OC1c1ccc(O)cc1O)C=CC(C)(C)O3. The molecule has 2 aliphatic heterocycles. The smallest absolute Gasteiger partial charge is 0.177 e. The van der Waals surface area contributed by atoms with Crippen LogP contribution in [0.15, 0.2) is 30.3 Å². The number of fused-ring (bicyclic) bond motifs is 3. The van der Waals surface area contributed by atoms with E-state index in [-0.39, 0.29) is 40.8 Å². The molecule has 0 amide bonds. The molecule has 2 aliphatic rings. The number of hydrogen-bond acceptors (Lipinski definition) is 7. The van der Waals surface area contributed by atoms with Crippen molar-refractivity contribution in [1.82, 2.24) is 0 Å². The first kappa shape index (κ1) is 22.0. The van der Waals surface area contributed by atoms with E-state index in [1.54, 1.807) is 19.9 Å². The van der Waals surface area contributed by atoms with E-state index in [9.17, 15) is 25.2 Å². The Labute approximate surface area is 186 Å². The third kappa shape index (κ3) is 4.00. The second-order valence-electron chi connectivity index (χ2n) is 9.65. The molecule has 32 heavy (non-hydrogen) atoms. The Balaban J connectivity index is 1.86. The van der Waals surface area contributed by atoms with Crippen LogP contribution in [-0.4, -0.2) is 37.4 Å². The lowest BCUT2D eigenvalue weighted by Crippen LogP contribution is -2.35. The van der Waals surface area contributed by atoms with Gasteiger partial charge in [0.1, 0.15) is 46.0 Å². The molecule has 0 radical (unpaired) electrons. The molecular weight excluding hydrogens is 412 g/mol. The quantitative estimate of drug-likeness (QED) is 0.554. The number of ether oxygens (including phenoxy) is 2. The number of aromatic hydroxyl groups is 3. The number of hydrogen-bond donors (Lipinski definition) is 4. The zero-order valence-electron chi connectivity index (χ0n) is 18.5. The highest BCUT2D eigenvalue weighted by Crippen LogP contribution is 2.51. The van der Waals surface area contributed by atoms with Crippen molar-refractivity contribution in [3.05, 3.63) is 47.0 Å². The molecule has 7 heteroatoms. The van der Waals surface area contributed by atoms with Crippen LogP contribution in [-0.2, 0) is 0 Å². The number of carbonyl (C=O) groups is 1. The van der Waals surface area contributed by atoms with Gasteiger partial charge in [0.2, 0.25) is 0 Å². The highest BCUT2D eigenvalue weighted by Gasteiger charge is 2.43. The van der Waals surface area contributed by atoms with Gasteiger partial charge in [-0.25, -0.2) is 0 Å². The summed E-state index contributed by atoms with van der Waals surface area (Å²) >= 11 is 0. The second kappa shape index (κ2) is 7.45. The zero-order valence-corrected chi connectivity index (χ0v) is 18.5. The van der Waals surface area contributed by atoms with E-state index in [4.69, 9.17) is 9.47 Å². The summed E-state index contributed by atoms with van der Waals surface area (Å²) < 4.78 is 12.2. The molecular formula is C25H28O7. The van der Waals surface area contributed by atoms with Gasteiger partial charge in [-0.3, -0.25) is 4.79 Å². The predicted octanol–water partition coefficient (Wildman–Crippen LogP) is 4.47. The summed E-state index contributed by atoms with van der Waals surface area (Å²) in [5.74, 6) is -1.09. The number of rotatable bonds is 4. The number of ketones is 1. The van der Waals surface area contributed by atoms with Crippen LogP contribution in [0, 0.1) is 5.92 Å². The number of phenolic OH excluding ortho intramolecular Hbond substituents is 3. The van der Waals surface area contributed by atoms with Crippen LogP contribution in [0.2, 0.25) is 0 Å². The van der Waals surface area contributed by atoms with Crippen molar-refractivity contribution >= 4 is 11.9 Å². The highest BCUT2D eigenvalue weighted by atomic mass is 16.5. The molecule has 170 valence electrons. The standard InChI is InChI=1S/C25H28O7/c1-24(2,30)9-7-16-21(29)20-18(28)12-19-15(8-10-25(3,4)32-19)23(20)31-22(16)14-6-5-13(26)11-17(14)27/h5-6,8,10-12,16,22,26-28,30H,7,9H2,1-4H3. The summed E-state index contributed by atoms with van der Waals surface area (Å²) in [6.45, 7) is 7.05. The van der Waals surface area contributed by atoms with E-state index in [0.29, 0.717) is 23.3 Å². The fourth-order valence-corrected chi connectivity index (χ4v) is 4.22. The van der Waals surface area contributed by atoms with Crippen LogP contribution in [0.25, 0.3) is 6.08 Å². The van der Waals surface area contributed by atoms with Gasteiger partial charge in [0, 0.05) is 17.7 Å². The van der Waals surface area contributed by atoms with Gasteiger partial charge in [0.05, 0.1) is 17.1 Å². The Hall–Kier alpha value is -3.19. The van der Waals surface area contributed by atoms with Gasteiger partial charge < -0.3 is 29.9 Å². The van der Waals surface area contributed by atoms with E-state index in [0.717, 1.165) is 0 Å². The zero-order chi connectivity index (χ0) is 23.4. The fourth-order valence-electron chi connectivity index (χ4n) is 4.22. The van der Waals surface area contributed by atoms with Crippen molar-refractivity contribution in [3.63, 3.8) is 0 Å². The van der Waals surface area contributed by atoms with Crippen molar-refractivity contribution in [2.24, 2.45) is 5.92 Å². The van der Waals surface area contributed by atoms with Crippen molar-refractivity contribution in [2.75, 3.05) is 0 Å². The van der Waals surface area contributed by atoms with Crippen molar-refractivity contribution in [2.45, 2.75) is 57.8 Å². The van der Waals surface area contributed by atoms with E-state index in [1.165, 1.54) is 24.3 Å². The molecule has 7 nitrogen and oxygen atoms in total. The minimum absolute atomic E-state index is 0.0620. The van der Waals surface area contributed by atoms with E-state index in [1.807, 2.05) is 19.9 Å². The molecule has 2 heterocycles. The summed E-state index contributed by atoms with van der Waals surface area (Å²) in [5.41, 5.74) is -0.666. The first-order chi connectivity index (χ1) is 14.9. The molecule has 0 spiro atoms. The average Bonchev–Trinajstić information content (AvgIpc) is 2.65. The predicted molar refractivity (Wildman–Crippen MR) is 118 cm³/mol. The molecule has 2 aromatic carbocycles. The maximum absolute atomic E-state index is 13.6. The lowest BCUT2D eigenvalue weighted by atomic mass is 9.79. The van der Waals surface area contributed by atoms with Crippen LogP contribution in [0.3, 0.4) is 0 Å². The summed E-state index contributed by atoms with van der Waals surface area (Å²) in [6.07, 6.45) is 3.33. The Kier molecular flexibility index (Phi) is 5.12. The first-order valence-electron chi connectivity index (χ1n) is 10.6. The van der Waals surface area contributed by atoms with Crippen molar-refractivity contribution < 1.29 is 34.7 Å². The topological polar surface area (TPSA) is 116 Å². The molecule has 0 aromatic heterocycles. The number of carbonyl (C=O) groups excluding carboxylic acids is 1. The molecule has 2 aromatic rings. The Morgan fingerprint density at radius 3 is 2.47 bits per heavy atom. The molecule has 4 rings (SSSR count). The first-order valence-corrected chi connectivity index (χ1v) is 10.6. The fraction of sp³-hybridized carbons (Fsp3) is 0.400. The van der Waals surface area contributed by atoms with Crippen LogP contribution in [0.4, 0.5) is 0 Å². The van der Waals surface area contributed by atoms with Gasteiger partial charge in [-0.05, 0) is 64.8 Å². The summed E-state index contributed by atoms with van der Waals surface area (Å²) in [4.78, 5) is 13.6. The molecule has 2 unspecified atom stereocenters. The van der Waals surface area contributed by atoms with Gasteiger partial charge in [0.25, 0.3) is 0 Å². The number of Topliss-reactive ketones (excluding diaryl/α,β-unsaturated/α-hetero) is 1. The van der Waals surface area contributed by atoms with Gasteiger partial charge >= 0.3 is 0 Å². The van der Waals surface area contributed by atoms with Gasteiger partial charge in [0.15, 0.2) is 5.78 Å². The third-order valence-electron chi connectivity index (χ3n) is 5.87. The Bertz CT molecular complexity index is 1110. The lowest BCUT2D eigenvalue weighted by Gasteiger charge is -2.37. The normalized spacial score (nSPS) is 21.3. The van der Waals surface area contributed by atoms with Crippen molar-refractivity contribution in [1.29, 1.82) is 0 Å². The monoisotopic (exact) mass is 440 g/mol. The van der Waals surface area contributed by atoms with E-state index in [2.05, 4.69) is 0 Å². The second-order valence-corrected chi connectivity index (χ2v) is 9.65. The summed E-state index contributed by atoms with van der Waals surface area (Å²) in [7, 11) is 0. The van der Waals surface area contributed by atoms with Gasteiger partial charge in [-0.1, -0.05) is 0 Å².